The van der Waals surface area contributed by atoms with Gasteiger partial charge in [0.1, 0.15) is 6.10 Å². The largest absolute Gasteiger partial charge is 0.377 e. The van der Waals surface area contributed by atoms with E-state index in [1.807, 2.05) is 12.1 Å². The topological polar surface area (TPSA) is 50.8 Å². The summed E-state index contributed by atoms with van der Waals surface area (Å²) in [5, 5.41) is 2.93. The van der Waals surface area contributed by atoms with Crippen molar-refractivity contribution in [3.05, 3.63) is 24.3 Å². The Morgan fingerprint density at radius 2 is 2.05 bits per heavy atom. The van der Waals surface area contributed by atoms with E-state index in [9.17, 15) is 4.79 Å². The van der Waals surface area contributed by atoms with Gasteiger partial charge in [-0.2, -0.15) is 0 Å². The maximum absolute atomic E-state index is 12.0. The van der Waals surface area contributed by atoms with Gasteiger partial charge in [0.2, 0.25) is 0 Å². The Labute approximate surface area is 131 Å². The van der Waals surface area contributed by atoms with Gasteiger partial charge < -0.3 is 19.7 Å². The number of rotatable bonds is 3. The fourth-order valence-corrected chi connectivity index (χ4v) is 3.07. The molecule has 0 aromatic heterocycles. The highest BCUT2D eigenvalue weighted by Gasteiger charge is 2.30. The maximum atomic E-state index is 12.0. The lowest BCUT2D eigenvalue weighted by molar-refractivity contribution is -0.124. The molecule has 1 amide bonds. The van der Waals surface area contributed by atoms with Crippen LogP contribution in [-0.2, 0) is 14.3 Å². The number of amides is 1. The number of nitrogens with zero attached hydrogens (tertiary/aromatic N) is 1. The average Bonchev–Trinajstić information content (AvgIpc) is 3.02. The van der Waals surface area contributed by atoms with Crippen molar-refractivity contribution in [2.75, 3.05) is 36.6 Å². The Kier molecular flexibility index (Phi) is 4.36. The predicted molar refractivity (Wildman–Crippen MR) is 86.3 cm³/mol. The molecular formula is C17H24N2O3. The predicted octanol–water partition coefficient (Wildman–Crippen LogP) is 2.42. The molecule has 0 bridgehead atoms. The van der Waals surface area contributed by atoms with E-state index >= 15 is 0 Å². The quantitative estimate of drug-likeness (QED) is 0.932. The molecule has 0 aliphatic carbocycles. The molecule has 5 nitrogen and oxygen atoms in total. The zero-order valence-electron chi connectivity index (χ0n) is 13.3. The minimum Gasteiger partial charge on any atom is -0.377 e. The van der Waals surface area contributed by atoms with Crippen molar-refractivity contribution in [1.29, 1.82) is 0 Å². The van der Waals surface area contributed by atoms with Gasteiger partial charge >= 0.3 is 0 Å². The van der Waals surface area contributed by atoms with Gasteiger partial charge in [0.25, 0.3) is 5.91 Å². The maximum Gasteiger partial charge on any atom is 0.253 e. The van der Waals surface area contributed by atoms with Crippen LogP contribution in [-0.4, -0.2) is 43.9 Å². The van der Waals surface area contributed by atoms with Gasteiger partial charge in [-0.15, -0.1) is 0 Å². The van der Waals surface area contributed by atoms with E-state index in [1.165, 1.54) is 0 Å². The van der Waals surface area contributed by atoms with Crippen molar-refractivity contribution < 1.29 is 14.3 Å². The van der Waals surface area contributed by atoms with Crippen LogP contribution in [0.4, 0.5) is 11.4 Å². The van der Waals surface area contributed by atoms with Crippen molar-refractivity contribution in [3.8, 4) is 0 Å². The highest BCUT2D eigenvalue weighted by molar-refractivity contribution is 5.94. The van der Waals surface area contributed by atoms with Gasteiger partial charge in [0.05, 0.1) is 18.8 Å². The fourth-order valence-electron chi connectivity index (χ4n) is 3.07. The molecular weight excluding hydrogens is 280 g/mol. The first-order chi connectivity index (χ1) is 10.6. The van der Waals surface area contributed by atoms with Gasteiger partial charge in [0, 0.05) is 24.5 Å². The minimum absolute atomic E-state index is 0.0132. The van der Waals surface area contributed by atoms with Crippen molar-refractivity contribution >= 4 is 17.3 Å². The van der Waals surface area contributed by atoms with Crippen LogP contribution in [0.25, 0.3) is 0 Å². The number of morpholine rings is 1. The van der Waals surface area contributed by atoms with E-state index in [0.717, 1.165) is 44.0 Å². The number of nitrogens with one attached hydrogen (secondary N) is 1. The Bertz CT molecular complexity index is 521. The Morgan fingerprint density at radius 3 is 2.68 bits per heavy atom. The first-order valence-electron chi connectivity index (χ1n) is 7.94. The lowest BCUT2D eigenvalue weighted by atomic mass is 10.0. The van der Waals surface area contributed by atoms with Crippen LogP contribution >= 0.6 is 0 Å². The van der Waals surface area contributed by atoms with E-state index in [4.69, 9.17) is 9.47 Å². The third-order valence-electron chi connectivity index (χ3n) is 4.31. The van der Waals surface area contributed by atoms with E-state index in [1.54, 1.807) is 0 Å². The molecule has 1 unspecified atom stereocenters. The molecule has 0 spiro atoms. The second-order valence-corrected chi connectivity index (χ2v) is 6.55. The summed E-state index contributed by atoms with van der Waals surface area (Å²) >= 11 is 0. The van der Waals surface area contributed by atoms with Crippen LogP contribution in [0, 0.1) is 0 Å². The number of benzene rings is 1. The molecule has 2 aliphatic heterocycles. The number of ether oxygens (including phenoxy) is 2. The van der Waals surface area contributed by atoms with E-state index in [2.05, 4.69) is 36.2 Å². The molecule has 3 rings (SSSR count). The average molecular weight is 304 g/mol. The number of carbonyl (C=O) groups excluding carboxylic acids is 1. The second kappa shape index (κ2) is 6.26. The van der Waals surface area contributed by atoms with Crippen LogP contribution in [0.15, 0.2) is 24.3 Å². The van der Waals surface area contributed by atoms with Crippen LogP contribution in [0.5, 0.6) is 0 Å². The Morgan fingerprint density at radius 1 is 1.27 bits per heavy atom. The summed E-state index contributed by atoms with van der Waals surface area (Å²) in [6, 6.07) is 8.01. The molecule has 5 heteroatoms. The number of carbonyl (C=O) groups is 1. The first kappa shape index (κ1) is 15.3. The second-order valence-electron chi connectivity index (χ2n) is 6.55. The van der Waals surface area contributed by atoms with Crippen molar-refractivity contribution in [3.63, 3.8) is 0 Å². The van der Waals surface area contributed by atoms with E-state index in [-0.39, 0.29) is 17.6 Å². The minimum atomic E-state index is -0.294. The number of hydrogen-bond acceptors (Lipinski definition) is 4. The summed E-state index contributed by atoms with van der Waals surface area (Å²) in [5.41, 5.74) is 1.96. The summed E-state index contributed by atoms with van der Waals surface area (Å²) in [4.78, 5) is 14.4. The van der Waals surface area contributed by atoms with Crippen molar-refractivity contribution in [2.24, 2.45) is 0 Å². The van der Waals surface area contributed by atoms with Crippen LogP contribution in [0.3, 0.4) is 0 Å². The zero-order valence-corrected chi connectivity index (χ0v) is 13.3. The number of hydrogen-bond donors (Lipinski definition) is 1. The lowest BCUT2D eigenvalue weighted by Crippen LogP contribution is -2.53. The van der Waals surface area contributed by atoms with E-state index in [0.29, 0.717) is 6.61 Å². The summed E-state index contributed by atoms with van der Waals surface area (Å²) in [6.07, 6.45) is 1.48. The SMILES string of the molecule is CC1(C)COCCN1c1ccc(NC(=O)C2CCCO2)cc1. The third-order valence-corrected chi connectivity index (χ3v) is 4.31. The van der Waals surface area contributed by atoms with Crippen LogP contribution < -0.4 is 10.2 Å². The summed E-state index contributed by atoms with van der Waals surface area (Å²) < 4.78 is 11.0. The highest BCUT2D eigenvalue weighted by Crippen LogP contribution is 2.28. The van der Waals surface area contributed by atoms with Crippen molar-refractivity contribution in [1.82, 2.24) is 0 Å². The van der Waals surface area contributed by atoms with Gasteiger partial charge in [-0.1, -0.05) is 0 Å². The molecule has 120 valence electrons. The van der Waals surface area contributed by atoms with E-state index < -0.39 is 0 Å². The Balaban J connectivity index is 1.66. The molecule has 1 N–H and O–H groups in total. The summed E-state index contributed by atoms with van der Waals surface area (Å²) in [5.74, 6) is -0.0445. The van der Waals surface area contributed by atoms with Gasteiger partial charge in [-0.3, -0.25) is 4.79 Å². The molecule has 2 heterocycles. The standard InChI is InChI=1S/C17H24N2O3/c1-17(2)12-21-11-9-19(17)14-7-5-13(6-8-14)18-16(20)15-4-3-10-22-15/h5-8,15H,3-4,9-12H2,1-2H3,(H,18,20). The summed E-state index contributed by atoms with van der Waals surface area (Å²) in [6.45, 7) is 7.40. The molecule has 2 aliphatic rings. The first-order valence-corrected chi connectivity index (χ1v) is 7.94. The normalized spacial score (nSPS) is 24.3. The third kappa shape index (κ3) is 3.25. The molecule has 1 atom stereocenters. The Hall–Kier alpha value is -1.59. The summed E-state index contributed by atoms with van der Waals surface area (Å²) in [7, 11) is 0. The molecule has 1 aromatic carbocycles. The monoisotopic (exact) mass is 304 g/mol. The van der Waals surface area contributed by atoms with Gasteiger partial charge in [-0.25, -0.2) is 0 Å². The van der Waals surface area contributed by atoms with Gasteiger partial charge in [-0.05, 0) is 51.0 Å². The number of anilines is 2. The van der Waals surface area contributed by atoms with Crippen LogP contribution in [0.1, 0.15) is 26.7 Å². The molecule has 2 fully saturated rings. The zero-order chi connectivity index (χ0) is 15.6. The molecule has 0 saturated carbocycles. The van der Waals surface area contributed by atoms with Crippen molar-refractivity contribution in [2.45, 2.75) is 38.3 Å². The molecule has 1 aromatic rings. The molecule has 2 saturated heterocycles. The smallest absolute Gasteiger partial charge is 0.253 e. The van der Waals surface area contributed by atoms with Crippen LogP contribution in [0.2, 0.25) is 0 Å². The highest BCUT2D eigenvalue weighted by atomic mass is 16.5. The van der Waals surface area contributed by atoms with Gasteiger partial charge in [0.15, 0.2) is 0 Å². The fraction of sp³-hybridized carbons (Fsp3) is 0.588. The lowest BCUT2D eigenvalue weighted by Gasteiger charge is -2.43. The molecule has 22 heavy (non-hydrogen) atoms. The molecule has 0 radical (unpaired) electrons.